The fraction of sp³-hybridized carbons (Fsp3) is 0.560. The molecule has 0 radical (unpaired) electrons. The lowest BCUT2D eigenvalue weighted by molar-refractivity contribution is 0.133. The molecule has 0 spiro atoms. The SMILES string of the molecule is CN=C(NCCCCOCCc1ccccc1)NCC(c1ccco1)N1CCCCC1.I. The number of rotatable bonds is 12. The Morgan fingerprint density at radius 3 is 2.56 bits per heavy atom. The van der Waals surface area contributed by atoms with Gasteiger partial charge in [0.25, 0.3) is 0 Å². The molecule has 0 saturated carbocycles. The summed E-state index contributed by atoms with van der Waals surface area (Å²) in [5, 5.41) is 6.91. The molecular weight excluding hydrogens is 515 g/mol. The molecule has 1 atom stereocenters. The van der Waals surface area contributed by atoms with Crippen LogP contribution in [-0.4, -0.2) is 57.3 Å². The second-order valence-electron chi connectivity index (χ2n) is 8.06. The minimum Gasteiger partial charge on any atom is -0.468 e. The molecule has 1 aromatic carbocycles. The fourth-order valence-corrected chi connectivity index (χ4v) is 4.01. The van der Waals surface area contributed by atoms with E-state index in [1.54, 1.807) is 6.26 Å². The van der Waals surface area contributed by atoms with Gasteiger partial charge in [-0.15, -0.1) is 24.0 Å². The van der Waals surface area contributed by atoms with Crippen molar-refractivity contribution in [3.63, 3.8) is 0 Å². The monoisotopic (exact) mass is 554 g/mol. The van der Waals surface area contributed by atoms with Crippen LogP contribution in [0.15, 0.2) is 58.1 Å². The average Bonchev–Trinajstić information content (AvgIpc) is 3.35. The molecule has 1 aliphatic heterocycles. The minimum absolute atomic E-state index is 0. The van der Waals surface area contributed by atoms with Crippen LogP contribution in [0.1, 0.15) is 49.5 Å². The topological polar surface area (TPSA) is 62.0 Å². The number of unbranched alkanes of at least 4 members (excludes halogenated alkanes) is 1. The molecule has 1 unspecified atom stereocenters. The van der Waals surface area contributed by atoms with Gasteiger partial charge in [-0.25, -0.2) is 0 Å². The summed E-state index contributed by atoms with van der Waals surface area (Å²) in [6.45, 7) is 5.51. The Hall–Kier alpha value is -1.58. The van der Waals surface area contributed by atoms with E-state index in [4.69, 9.17) is 9.15 Å². The number of furan rings is 1. The van der Waals surface area contributed by atoms with Gasteiger partial charge in [-0.1, -0.05) is 36.8 Å². The van der Waals surface area contributed by atoms with Crippen LogP contribution < -0.4 is 10.6 Å². The maximum atomic E-state index is 5.77. The Labute approximate surface area is 210 Å². The minimum atomic E-state index is 0. The van der Waals surface area contributed by atoms with Crippen molar-refractivity contribution in [3.05, 3.63) is 60.1 Å². The van der Waals surface area contributed by atoms with E-state index in [0.717, 1.165) is 70.4 Å². The molecular formula is C25H39IN4O2. The summed E-state index contributed by atoms with van der Waals surface area (Å²) in [7, 11) is 1.82. The molecule has 178 valence electrons. The van der Waals surface area contributed by atoms with Crippen LogP contribution in [0, 0.1) is 0 Å². The average molecular weight is 555 g/mol. The van der Waals surface area contributed by atoms with Crippen LogP contribution in [0.25, 0.3) is 0 Å². The lowest BCUT2D eigenvalue weighted by Crippen LogP contribution is -2.44. The van der Waals surface area contributed by atoms with Gasteiger partial charge in [0, 0.05) is 26.7 Å². The Morgan fingerprint density at radius 1 is 1.03 bits per heavy atom. The first kappa shape index (κ1) is 26.7. The van der Waals surface area contributed by atoms with Crippen molar-refractivity contribution >= 4 is 29.9 Å². The Bertz CT molecular complexity index is 734. The molecule has 32 heavy (non-hydrogen) atoms. The number of piperidine rings is 1. The summed E-state index contributed by atoms with van der Waals surface area (Å²) >= 11 is 0. The Morgan fingerprint density at radius 2 is 1.84 bits per heavy atom. The Kier molecular flexibility index (Phi) is 13.4. The van der Waals surface area contributed by atoms with Crippen molar-refractivity contribution in [3.8, 4) is 0 Å². The molecule has 7 heteroatoms. The maximum Gasteiger partial charge on any atom is 0.191 e. The molecule has 3 rings (SSSR count). The van der Waals surface area contributed by atoms with Crippen molar-refractivity contribution < 1.29 is 9.15 Å². The standard InChI is InChI=1S/C25H38N4O2.HI/c1-26-25(27-15-6-9-18-30-20-14-22-11-4-2-5-12-22)28-21-23(24-13-10-19-31-24)29-16-7-3-8-17-29;/h2,4-5,10-13,19,23H,3,6-9,14-18,20-21H2,1H3,(H2,26,27,28);1H. The lowest BCUT2D eigenvalue weighted by atomic mass is 10.1. The van der Waals surface area contributed by atoms with E-state index in [-0.39, 0.29) is 30.0 Å². The molecule has 1 aliphatic rings. The van der Waals surface area contributed by atoms with Crippen LogP contribution in [-0.2, 0) is 11.2 Å². The fourth-order valence-electron chi connectivity index (χ4n) is 4.01. The number of nitrogens with zero attached hydrogens (tertiary/aromatic N) is 2. The van der Waals surface area contributed by atoms with Crippen LogP contribution in [0.3, 0.4) is 0 Å². The molecule has 0 amide bonds. The second-order valence-corrected chi connectivity index (χ2v) is 8.06. The third kappa shape index (κ3) is 9.50. The largest absolute Gasteiger partial charge is 0.468 e. The highest BCUT2D eigenvalue weighted by Gasteiger charge is 2.24. The lowest BCUT2D eigenvalue weighted by Gasteiger charge is -2.33. The Balaban J connectivity index is 0.00000363. The smallest absolute Gasteiger partial charge is 0.191 e. The molecule has 1 saturated heterocycles. The van der Waals surface area contributed by atoms with Gasteiger partial charge in [-0.3, -0.25) is 9.89 Å². The third-order valence-corrected chi connectivity index (χ3v) is 5.78. The maximum absolute atomic E-state index is 5.77. The number of hydrogen-bond acceptors (Lipinski definition) is 4. The summed E-state index contributed by atoms with van der Waals surface area (Å²) in [6, 6.07) is 14.8. The number of likely N-dealkylation sites (tertiary alicyclic amines) is 1. The summed E-state index contributed by atoms with van der Waals surface area (Å²) in [6.07, 6.45) is 8.69. The van der Waals surface area contributed by atoms with E-state index in [2.05, 4.69) is 50.9 Å². The van der Waals surface area contributed by atoms with Crippen molar-refractivity contribution in [1.82, 2.24) is 15.5 Å². The van der Waals surface area contributed by atoms with Crippen molar-refractivity contribution in [2.45, 2.75) is 44.6 Å². The van der Waals surface area contributed by atoms with E-state index in [1.807, 2.05) is 19.2 Å². The van der Waals surface area contributed by atoms with Gasteiger partial charge in [0.15, 0.2) is 5.96 Å². The summed E-state index contributed by atoms with van der Waals surface area (Å²) in [4.78, 5) is 6.90. The van der Waals surface area contributed by atoms with Gasteiger partial charge in [-0.05, 0) is 62.9 Å². The van der Waals surface area contributed by atoms with Gasteiger partial charge >= 0.3 is 0 Å². The zero-order chi connectivity index (χ0) is 21.6. The van der Waals surface area contributed by atoms with Crippen molar-refractivity contribution in [2.75, 3.05) is 46.4 Å². The predicted molar refractivity (Wildman–Crippen MR) is 142 cm³/mol. The number of guanidine groups is 1. The number of benzene rings is 1. The second kappa shape index (κ2) is 16.1. The number of hydrogen-bond donors (Lipinski definition) is 2. The third-order valence-electron chi connectivity index (χ3n) is 5.78. The number of ether oxygens (including phenoxy) is 1. The summed E-state index contributed by atoms with van der Waals surface area (Å²) < 4.78 is 11.5. The van der Waals surface area contributed by atoms with Crippen molar-refractivity contribution in [2.24, 2.45) is 4.99 Å². The van der Waals surface area contributed by atoms with E-state index < -0.39 is 0 Å². The van der Waals surface area contributed by atoms with Crippen molar-refractivity contribution in [1.29, 1.82) is 0 Å². The van der Waals surface area contributed by atoms with Gasteiger partial charge in [0.05, 0.1) is 18.9 Å². The zero-order valence-electron chi connectivity index (χ0n) is 19.3. The number of aliphatic imine (C=N–C) groups is 1. The first-order valence-electron chi connectivity index (χ1n) is 11.7. The zero-order valence-corrected chi connectivity index (χ0v) is 21.6. The van der Waals surface area contributed by atoms with Crippen LogP contribution in [0.4, 0.5) is 0 Å². The molecule has 0 bridgehead atoms. The van der Waals surface area contributed by atoms with E-state index >= 15 is 0 Å². The number of nitrogens with one attached hydrogen (secondary N) is 2. The van der Waals surface area contributed by atoms with E-state index in [0.29, 0.717) is 0 Å². The van der Waals surface area contributed by atoms with Gasteiger partial charge in [-0.2, -0.15) is 0 Å². The molecule has 2 heterocycles. The van der Waals surface area contributed by atoms with Gasteiger partial charge in [0.1, 0.15) is 5.76 Å². The number of halogens is 1. The normalized spacial score (nSPS) is 15.7. The first-order chi connectivity index (χ1) is 15.4. The molecule has 2 aromatic rings. The molecule has 1 fully saturated rings. The summed E-state index contributed by atoms with van der Waals surface area (Å²) in [5.74, 6) is 1.87. The highest BCUT2D eigenvalue weighted by molar-refractivity contribution is 14.0. The van der Waals surface area contributed by atoms with Crippen LogP contribution >= 0.6 is 24.0 Å². The highest BCUT2D eigenvalue weighted by atomic mass is 127. The first-order valence-corrected chi connectivity index (χ1v) is 11.7. The van der Waals surface area contributed by atoms with Gasteiger partial charge < -0.3 is 19.8 Å². The van der Waals surface area contributed by atoms with E-state index in [9.17, 15) is 0 Å². The predicted octanol–water partition coefficient (Wildman–Crippen LogP) is 4.63. The van der Waals surface area contributed by atoms with Crippen LogP contribution in [0.2, 0.25) is 0 Å². The van der Waals surface area contributed by atoms with Gasteiger partial charge in [0.2, 0.25) is 0 Å². The quantitative estimate of drug-likeness (QED) is 0.174. The molecule has 1 aromatic heterocycles. The van der Waals surface area contributed by atoms with E-state index in [1.165, 1.54) is 24.8 Å². The summed E-state index contributed by atoms with van der Waals surface area (Å²) in [5.41, 5.74) is 1.33. The molecule has 0 aliphatic carbocycles. The highest BCUT2D eigenvalue weighted by Crippen LogP contribution is 2.24. The molecule has 6 nitrogen and oxygen atoms in total. The van der Waals surface area contributed by atoms with Crippen LogP contribution in [0.5, 0.6) is 0 Å². The molecule has 2 N–H and O–H groups in total.